The monoisotopic (exact) mass is 362 g/mol. The number of nitrogens with one attached hydrogen (secondary N) is 2. The highest BCUT2D eigenvalue weighted by atomic mass is 79.9. The van der Waals surface area contributed by atoms with Gasteiger partial charge >= 0.3 is 0 Å². The molecule has 2 rings (SSSR count). The van der Waals surface area contributed by atoms with Crippen molar-refractivity contribution >= 4 is 26.0 Å². The molecule has 0 aliphatic carbocycles. The third-order valence-electron chi connectivity index (χ3n) is 3.12. The summed E-state index contributed by atoms with van der Waals surface area (Å²) < 4.78 is 33.3. The van der Waals surface area contributed by atoms with Crippen LogP contribution >= 0.6 is 15.9 Å². The van der Waals surface area contributed by atoms with Gasteiger partial charge in [0.1, 0.15) is 0 Å². The molecule has 20 heavy (non-hydrogen) atoms. The predicted octanol–water partition coefficient (Wildman–Crippen LogP) is 1.63. The minimum atomic E-state index is -3.53. The molecule has 0 spiro atoms. The predicted molar refractivity (Wildman–Crippen MR) is 81.1 cm³/mol. The van der Waals surface area contributed by atoms with Gasteiger partial charge in [-0.2, -0.15) is 0 Å². The summed E-state index contributed by atoms with van der Waals surface area (Å²) in [5.41, 5.74) is 0.943. The number of halogens is 1. The highest BCUT2D eigenvalue weighted by molar-refractivity contribution is 9.10. The Morgan fingerprint density at radius 2 is 2.25 bits per heavy atom. The van der Waals surface area contributed by atoms with Gasteiger partial charge in [0.25, 0.3) is 0 Å². The van der Waals surface area contributed by atoms with Crippen LogP contribution in [0.25, 0.3) is 0 Å². The van der Waals surface area contributed by atoms with E-state index in [1.54, 1.807) is 12.1 Å². The van der Waals surface area contributed by atoms with Crippen molar-refractivity contribution in [1.82, 2.24) is 10.0 Å². The van der Waals surface area contributed by atoms with Gasteiger partial charge in [-0.25, -0.2) is 13.1 Å². The lowest BCUT2D eigenvalue weighted by Gasteiger charge is -2.14. The maximum absolute atomic E-state index is 12.4. The lowest BCUT2D eigenvalue weighted by Crippen LogP contribution is -2.35. The van der Waals surface area contributed by atoms with E-state index >= 15 is 0 Å². The number of sulfonamides is 1. The summed E-state index contributed by atoms with van der Waals surface area (Å²) in [6.45, 7) is 4.55. The van der Waals surface area contributed by atoms with Gasteiger partial charge in [0.15, 0.2) is 0 Å². The van der Waals surface area contributed by atoms with Gasteiger partial charge < -0.3 is 10.1 Å². The van der Waals surface area contributed by atoms with Crippen LogP contribution in [0.2, 0.25) is 0 Å². The van der Waals surface area contributed by atoms with Gasteiger partial charge in [-0.1, -0.05) is 13.0 Å². The van der Waals surface area contributed by atoms with Crippen molar-refractivity contribution < 1.29 is 13.2 Å². The number of benzene rings is 1. The second-order valence-corrected chi connectivity index (χ2v) is 7.26. The SMILES string of the molecule is CCNCc1ccc(Br)c(S(=O)(=O)NC2CCOC2)c1. The van der Waals surface area contributed by atoms with E-state index in [4.69, 9.17) is 4.74 Å². The summed E-state index contributed by atoms with van der Waals surface area (Å²) >= 11 is 3.31. The molecule has 1 aromatic rings. The molecule has 0 bridgehead atoms. The minimum absolute atomic E-state index is 0.135. The van der Waals surface area contributed by atoms with E-state index in [0.29, 0.717) is 30.7 Å². The quantitative estimate of drug-likeness (QED) is 0.806. The van der Waals surface area contributed by atoms with Crippen molar-refractivity contribution in [2.24, 2.45) is 0 Å². The lowest BCUT2D eigenvalue weighted by molar-refractivity contribution is 0.192. The van der Waals surface area contributed by atoms with E-state index in [1.165, 1.54) is 0 Å². The van der Waals surface area contributed by atoms with Gasteiger partial charge in [0.05, 0.1) is 11.5 Å². The molecule has 1 saturated heterocycles. The highest BCUT2D eigenvalue weighted by Gasteiger charge is 2.25. The molecule has 1 aliphatic heterocycles. The average Bonchev–Trinajstić information content (AvgIpc) is 2.89. The van der Waals surface area contributed by atoms with Crippen LogP contribution in [0, 0.1) is 0 Å². The van der Waals surface area contributed by atoms with Crippen molar-refractivity contribution in [2.45, 2.75) is 30.8 Å². The standard InChI is InChI=1S/C13H19BrN2O3S/c1-2-15-8-10-3-4-12(14)13(7-10)20(17,18)16-11-5-6-19-9-11/h3-4,7,11,15-16H,2,5-6,8-9H2,1H3. The minimum Gasteiger partial charge on any atom is -0.380 e. The second-order valence-electron chi connectivity index (χ2n) is 4.73. The summed E-state index contributed by atoms with van der Waals surface area (Å²) in [7, 11) is -3.53. The van der Waals surface area contributed by atoms with Gasteiger partial charge in [-0.3, -0.25) is 0 Å². The Morgan fingerprint density at radius 3 is 2.90 bits per heavy atom. The molecule has 7 heteroatoms. The fourth-order valence-corrected chi connectivity index (χ4v) is 4.31. The molecule has 1 atom stereocenters. The maximum Gasteiger partial charge on any atom is 0.242 e. The fraction of sp³-hybridized carbons (Fsp3) is 0.538. The smallest absolute Gasteiger partial charge is 0.242 e. The Balaban J connectivity index is 2.20. The second kappa shape index (κ2) is 7.00. The molecule has 1 aromatic carbocycles. The highest BCUT2D eigenvalue weighted by Crippen LogP contribution is 2.24. The van der Waals surface area contributed by atoms with Crippen molar-refractivity contribution in [3.05, 3.63) is 28.2 Å². The molecule has 2 N–H and O–H groups in total. The van der Waals surface area contributed by atoms with E-state index in [9.17, 15) is 8.42 Å². The van der Waals surface area contributed by atoms with Crippen LogP contribution in [0.15, 0.2) is 27.6 Å². The number of hydrogen-bond acceptors (Lipinski definition) is 4. The molecule has 112 valence electrons. The Hall–Kier alpha value is -0.470. The molecule has 1 unspecified atom stereocenters. The molecule has 5 nitrogen and oxygen atoms in total. The zero-order valence-corrected chi connectivity index (χ0v) is 13.8. The molecular formula is C13H19BrN2O3S. The third-order valence-corrected chi connectivity index (χ3v) is 5.63. The van der Waals surface area contributed by atoms with Crippen LogP contribution in [0.1, 0.15) is 18.9 Å². The lowest BCUT2D eigenvalue weighted by atomic mass is 10.2. The first-order chi connectivity index (χ1) is 9.53. The van der Waals surface area contributed by atoms with Crippen molar-refractivity contribution in [2.75, 3.05) is 19.8 Å². The summed E-state index contributed by atoms with van der Waals surface area (Å²) in [5.74, 6) is 0. The van der Waals surface area contributed by atoms with E-state index in [-0.39, 0.29) is 10.9 Å². The first-order valence-electron chi connectivity index (χ1n) is 6.62. The maximum atomic E-state index is 12.4. The Labute approximate surface area is 128 Å². The zero-order valence-electron chi connectivity index (χ0n) is 11.4. The fourth-order valence-electron chi connectivity index (χ4n) is 2.04. The third kappa shape index (κ3) is 4.02. The van der Waals surface area contributed by atoms with Gasteiger partial charge in [0.2, 0.25) is 10.0 Å². The zero-order chi connectivity index (χ0) is 14.6. The number of hydrogen-bond donors (Lipinski definition) is 2. The molecule has 0 radical (unpaired) electrons. The van der Waals surface area contributed by atoms with Crippen molar-refractivity contribution in [1.29, 1.82) is 0 Å². The van der Waals surface area contributed by atoms with Crippen LogP contribution in [0.4, 0.5) is 0 Å². The normalized spacial score (nSPS) is 19.4. The van der Waals surface area contributed by atoms with Crippen LogP contribution in [-0.4, -0.2) is 34.2 Å². The van der Waals surface area contributed by atoms with Crippen molar-refractivity contribution in [3.8, 4) is 0 Å². The molecular weight excluding hydrogens is 344 g/mol. The van der Waals surface area contributed by atoms with Gasteiger partial charge in [-0.15, -0.1) is 0 Å². The number of rotatable bonds is 6. The van der Waals surface area contributed by atoms with Crippen molar-refractivity contribution in [3.63, 3.8) is 0 Å². The van der Waals surface area contributed by atoms with E-state index in [0.717, 1.165) is 12.1 Å². The molecule has 0 amide bonds. The first-order valence-corrected chi connectivity index (χ1v) is 8.90. The van der Waals surface area contributed by atoms with E-state index < -0.39 is 10.0 Å². The van der Waals surface area contributed by atoms with E-state index in [2.05, 4.69) is 26.0 Å². The largest absolute Gasteiger partial charge is 0.380 e. The Kier molecular flexibility index (Phi) is 5.57. The van der Waals surface area contributed by atoms with Gasteiger partial charge in [0, 0.05) is 23.7 Å². The van der Waals surface area contributed by atoms with Gasteiger partial charge in [-0.05, 0) is 46.6 Å². The average molecular weight is 363 g/mol. The first kappa shape index (κ1) is 15.9. The molecule has 0 saturated carbocycles. The molecule has 0 aromatic heterocycles. The van der Waals surface area contributed by atoms with Crippen LogP contribution in [0.3, 0.4) is 0 Å². The number of ether oxygens (including phenoxy) is 1. The summed E-state index contributed by atoms with van der Waals surface area (Å²) in [6.07, 6.45) is 0.716. The molecule has 1 heterocycles. The Morgan fingerprint density at radius 1 is 1.45 bits per heavy atom. The van der Waals surface area contributed by atoms with Crippen LogP contribution < -0.4 is 10.0 Å². The summed E-state index contributed by atoms with van der Waals surface area (Å²) in [6, 6.07) is 5.24. The summed E-state index contributed by atoms with van der Waals surface area (Å²) in [5, 5.41) is 3.19. The Bertz CT molecular complexity index is 557. The summed E-state index contributed by atoms with van der Waals surface area (Å²) in [4.78, 5) is 0.278. The molecule has 1 fully saturated rings. The van der Waals surface area contributed by atoms with E-state index in [1.807, 2.05) is 13.0 Å². The van der Waals surface area contributed by atoms with Crippen LogP contribution in [-0.2, 0) is 21.3 Å². The molecule has 1 aliphatic rings. The topological polar surface area (TPSA) is 67.4 Å². The van der Waals surface area contributed by atoms with Crippen LogP contribution in [0.5, 0.6) is 0 Å².